The van der Waals surface area contributed by atoms with Crippen LogP contribution in [0.1, 0.15) is 48.0 Å². The molecule has 6 heteroatoms. The first-order valence-electron chi connectivity index (χ1n) is 8.72. The van der Waals surface area contributed by atoms with Gasteiger partial charge in [0.25, 0.3) is 0 Å². The quantitative estimate of drug-likeness (QED) is 0.770. The minimum absolute atomic E-state index is 0.0636. The van der Waals surface area contributed by atoms with Crippen molar-refractivity contribution < 1.29 is 14.0 Å². The predicted molar refractivity (Wildman–Crippen MR) is 96.7 cm³/mol. The number of hydrogen-bond acceptors (Lipinski definition) is 2. The van der Waals surface area contributed by atoms with Crippen LogP contribution in [0.15, 0.2) is 48.5 Å². The first-order valence-corrected chi connectivity index (χ1v) is 8.72. The Hall–Kier alpha value is -2.89. The van der Waals surface area contributed by atoms with Gasteiger partial charge in [-0.2, -0.15) is 0 Å². The summed E-state index contributed by atoms with van der Waals surface area (Å²) in [5.41, 5.74) is 7.57. The molecule has 2 aromatic rings. The van der Waals surface area contributed by atoms with E-state index in [-0.39, 0.29) is 24.2 Å². The number of primary amides is 1. The molecule has 0 saturated heterocycles. The molecule has 0 heterocycles. The molecule has 2 aromatic carbocycles. The van der Waals surface area contributed by atoms with Gasteiger partial charge in [0, 0.05) is 0 Å². The third-order valence-corrected chi connectivity index (χ3v) is 4.69. The monoisotopic (exact) mass is 355 g/mol. The number of benzene rings is 2. The van der Waals surface area contributed by atoms with E-state index in [0.29, 0.717) is 12.0 Å². The smallest absolute Gasteiger partial charge is 0.312 e. The van der Waals surface area contributed by atoms with E-state index >= 15 is 0 Å². The van der Waals surface area contributed by atoms with E-state index < -0.39 is 12.1 Å². The molecule has 0 aliphatic heterocycles. The SMILES string of the molecule is NC(=O)NC(CC(=O)NC1CCCc2c(F)cccc21)c1ccccc1. The lowest BCUT2D eigenvalue weighted by molar-refractivity contribution is -0.122. The first-order chi connectivity index (χ1) is 12.5. The zero-order chi connectivity index (χ0) is 18.5. The third-order valence-electron chi connectivity index (χ3n) is 4.69. The third kappa shape index (κ3) is 4.20. The van der Waals surface area contributed by atoms with Gasteiger partial charge in [-0.3, -0.25) is 4.79 Å². The van der Waals surface area contributed by atoms with Crippen LogP contribution < -0.4 is 16.4 Å². The van der Waals surface area contributed by atoms with Gasteiger partial charge in [-0.05, 0) is 42.0 Å². The summed E-state index contributed by atoms with van der Waals surface area (Å²) in [6.45, 7) is 0. The summed E-state index contributed by atoms with van der Waals surface area (Å²) in [5, 5.41) is 5.59. The van der Waals surface area contributed by atoms with Crippen LogP contribution in [0.25, 0.3) is 0 Å². The predicted octanol–water partition coefficient (Wildman–Crippen LogP) is 3.12. The molecule has 2 atom stereocenters. The highest BCUT2D eigenvalue weighted by Crippen LogP contribution is 2.31. The summed E-state index contributed by atoms with van der Waals surface area (Å²) in [6.07, 6.45) is 2.33. The Morgan fingerprint density at radius 2 is 1.92 bits per heavy atom. The van der Waals surface area contributed by atoms with E-state index in [4.69, 9.17) is 5.73 Å². The first kappa shape index (κ1) is 17.9. The van der Waals surface area contributed by atoms with Gasteiger partial charge in [0.15, 0.2) is 0 Å². The van der Waals surface area contributed by atoms with Gasteiger partial charge >= 0.3 is 6.03 Å². The molecular weight excluding hydrogens is 333 g/mol. The zero-order valence-corrected chi connectivity index (χ0v) is 14.4. The Morgan fingerprint density at radius 1 is 1.15 bits per heavy atom. The van der Waals surface area contributed by atoms with Gasteiger partial charge in [-0.25, -0.2) is 9.18 Å². The van der Waals surface area contributed by atoms with E-state index in [0.717, 1.165) is 24.0 Å². The number of nitrogens with two attached hydrogens (primary N) is 1. The Labute approximate surface area is 151 Å². The highest BCUT2D eigenvalue weighted by Gasteiger charge is 2.25. The molecule has 0 spiro atoms. The van der Waals surface area contributed by atoms with Gasteiger partial charge in [-0.15, -0.1) is 0 Å². The van der Waals surface area contributed by atoms with Crippen LogP contribution in [0.2, 0.25) is 0 Å². The summed E-state index contributed by atoms with van der Waals surface area (Å²) in [5.74, 6) is -0.436. The average molecular weight is 355 g/mol. The minimum atomic E-state index is -0.684. The van der Waals surface area contributed by atoms with E-state index in [1.54, 1.807) is 6.07 Å². The van der Waals surface area contributed by atoms with Crippen LogP contribution in [-0.2, 0) is 11.2 Å². The minimum Gasteiger partial charge on any atom is -0.352 e. The maximum Gasteiger partial charge on any atom is 0.312 e. The van der Waals surface area contributed by atoms with Gasteiger partial charge in [0.1, 0.15) is 5.82 Å². The average Bonchev–Trinajstić information content (AvgIpc) is 2.62. The number of hydrogen-bond donors (Lipinski definition) is 3. The number of fused-ring (bicyclic) bond motifs is 1. The normalized spacial score (nSPS) is 17.0. The van der Waals surface area contributed by atoms with Crippen molar-refractivity contribution in [2.45, 2.75) is 37.8 Å². The molecule has 136 valence electrons. The molecule has 0 saturated carbocycles. The number of carbonyl (C=O) groups is 2. The van der Waals surface area contributed by atoms with E-state index in [2.05, 4.69) is 10.6 Å². The van der Waals surface area contributed by atoms with Crippen molar-refractivity contribution in [3.05, 3.63) is 71.0 Å². The van der Waals surface area contributed by atoms with E-state index in [9.17, 15) is 14.0 Å². The number of halogens is 1. The second-order valence-corrected chi connectivity index (χ2v) is 6.50. The standard InChI is InChI=1S/C20H22FN3O2/c21-16-10-4-9-15-14(16)8-5-11-17(15)23-19(25)12-18(24-20(22)26)13-6-2-1-3-7-13/h1-4,6-7,9-10,17-18H,5,8,11-12H2,(H,23,25)(H3,22,24,26). The van der Waals surface area contributed by atoms with Crippen LogP contribution in [-0.4, -0.2) is 11.9 Å². The molecule has 1 aliphatic rings. The van der Waals surface area contributed by atoms with E-state index in [1.165, 1.54) is 6.07 Å². The fourth-order valence-corrected chi connectivity index (χ4v) is 3.50. The van der Waals surface area contributed by atoms with Crippen LogP contribution in [0, 0.1) is 5.82 Å². The van der Waals surface area contributed by atoms with Gasteiger partial charge in [0.2, 0.25) is 5.91 Å². The van der Waals surface area contributed by atoms with Crippen molar-refractivity contribution in [3.8, 4) is 0 Å². The number of rotatable bonds is 5. The molecule has 26 heavy (non-hydrogen) atoms. The topological polar surface area (TPSA) is 84.2 Å². The van der Waals surface area contributed by atoms with Gasteiger partial charge in [-0.1, -0.05) is 42.5 Å². The van der Waals surface area contributed by atoms with Crippen molar-refractivity contribution in [2.24, 2.45) is 5.73 Å². The lowest BCUT2D eigenvalue weighted by Gasteiger charge is -2.27. The number of carbonyl (C=O) groups excluding carboxylic acids is 2. The van der Waals surface area contributed by atoms with Crippen LogP contribution in [0.3, 0.4) is 0 Å². The molecule has 0 aromatic heterocycles. The largest absolute Gasteiger partial charge is 0.352 e. The highest BCUT2D eigenvalue weighted by atomic mass is 19.1. The molecule has 4 N–H and O–H groups in total. The number of amides is 3. The Balaban J connectivity index is 1.72. The maximum absolute atomic E-state index is 14.0. The highest BCUT2D eigenvalue weighted by molar-refractivity contribution is 5.79. The van der Waals surface area contributed by atoms with Gasteiger partial charge < -0.3 is 16.4 Å². The summed E-state index contributed by atoms with van der Waals surface area (Å²) in [4.78, 5) is 23.9. The summed E-state index contributed by atoms with van der Waals surface area (Å²) in [6, 6.07) is 12.8. The second kappa shape index (κ2) is 7.99. The fraction of sp³-hybridized carbons (Fsp3) is 0.300. The lowest BCUT2D eigenvalue weighted by atomic mass is 9.87. The molecular formula is C20H22FN3O2. The van der Waals surface area contributed by atoms with Gasteiger partial charge in [0.05, 0.1) is 18.5 Å². The molecule has 3 amide bonds. The Morgan fingerprint density at radius 3 is 2.65 bits per heavy atom. The number of nitrogens with one attached hydrogen (secondary N) is 2. The molecule has 1 aliphatic carbocycles. The molecule has 5 nitrogen and oxygen atoms in total. The van der Waals surface area contributed by atoms with Crippen molar-refractivity contribution in [1.29, 1.82) is 0 Å². The maximum atomic E-state index is 14.0. The molecule has 0 bridgehead atoms. The van der Waals surface area contributed by atoms with Crippen molar-refractivity contribution in [3.63, 3.8) is 0 Å². The molecule has 0 fully saturated rings. The Bertz CT molecular complexity index is 795. The molecule has 0 radical (unpaired) electrons. The molecule has 2 unspecified atom stereocenters. The zero-order valence-electron chi connectivity index (χ0n) is 14.4. The van der Waals surface area contributed by atoms with Crippen molar-refractivity contribution in [2.75, 3.05) is 0 Å². The number of urea groups is 1. The van der Waals surface area contributed by atoms with E-state index in [1.807, 2.05) is 36.4 Å². The van der Waals surface area contributed by atoms with Crippen molar-refractivity contribution in [1.82, 2.24) is 10.6 Å². The lowest BCUT2D eigenvalue weighted by Crippen LogP contribution is -2.38. The van der Waals surface area contributed by atoms with Crippen LogP contribution in [0.5, 0.6) is 0 Å². The van der Waals surface area contributed by atoms with Crippen molar-refractivity contribution >= 4 is 11.9 Å². The van der Waals surface area contributed by atoms with Crippen LogP contribution >= 0.6 is 0 Å². The summed E-state index contributed by atoms with van der Waals surface area (Å²) >= 11 is 0. The van der Waals surface area contributed by atoms with Crippen LogP contribution in [0.4, 0.5) is 9.18 Å². The molecule has 3 rings (SSSR count). The fourth-order valence-electron chi connectivity index (χ4n) is 3.50. The summed E-state index contributed by atoms with van der Waals surface area (Å²) < 4.78 is 14.0. The Kier molecular flexibility index (Phi) is 5.51. The second-order valence-electron chi connectivity index (χ2n) is 6.50. The summed E-state index contributed by atoms with van der Waals surface area (Å²) in [7, 11) is 0.